The van der Waals surface area contributed by atoms with Gasteiger partial charge in [-0.2, -0.15) is 0 Å². The molecule has 0 unspecified atom stereocenters. The molecular weight excluding hydrogens is 160 g/mol. The molecule has 6 heteroatoms. The van der Waals surface area contributed by atoms with Crippen LogP contribution in [0.15, 0.2) is 11.1 Å². The number of aromatic nitrogens is 3. The Morgan fingerprint density at radius 3 is 2.83 bits per heavy atom. The van der Waals surface area contributed by atoms with Crippen LogP contribution in [0.1, 0.15) is 13.8 Å². The second-order valence-corrected chi connectivity index (χ2v) is 2.61. The summed E-state index contributed by atoms with van der Waals surface area (Å²) in [6.07, 6.45) is 1.17. The molecule has 2 N–H and O–H groups in total. The number of nitrogens with one attached hydrogen (secondary N) is 2. The van der Waals surface area contributed by atoms with E-state index in [0.29, 0.717) is 0 Å². The molecule has 0 aliphatic rings. The molecule has 0 saturated carbocycles. The molecule has 0 saturated heterocycles. The average Bonchev–Trinajstić information content (AvgIpc) is 2.33. The summed E-state index contributed by atoms with van der Waals surface area (Å²) < 4.78 is 0.736. The fourth-order valence-corrected chi connectivity index (χ4v) is 0.708. The molecule has 1 amide bonds. The third-order valence-electron chi connectivity index (χ3n) is 1.16. The monoisotopic (exact) mass is 170 g/mol. The highest BCUT2D eigenvalue weighted by Crippen LogP contribution is 1.78. The van der Waals surface area contributed by atoms with Crippen molar-refractivity contribution in [1.29, 1.82) is 0 Å². The van der Waals surface area contributed by atoms with Gasteiger partial charge in [-0.05, 0) is 13.8 Å². The normalized spacial score (nSPS) is 10.2. The summed E-state index contributed by atoms with van der Waals surface area (Å²) in [4.78, 5) is 24.2. The van der Waals surface area contributed by atoms with E-state index in [1.165, 1.54) is 6.33 Å². The molecule has 0 aliphatic heterocycles. The number of carbonyl (C=O) groups excluding carboxylic acids is 1. The lowest BCUT2D eigenvalue weighted by molar-refractivity contribution is 0.236. The Hall–Kier alpha value is -1.59. The van der Waals surface area contributed by atoms with Crippen molar-refractivity contribution in [3.63, 3.8) is 0 Å². The van der Waals surface area contributed by atoms with E-state index < -0.39 is 11.7 Å². The number of hydrogen-bond acceptors (Lipinski definition) is 3. The Bertz CT molecular complexity index is 324. The van der Waals surface area contributed by atoms with Crippen LogP contribution in [0, 0.1) is 0 Å². The van der Waals surface area contributed by atoms with Crippen LogP contribution in [0.5, 0.6) is 0 Å². The lowest BCUT2D eigenvalue weighted by Crippen LogP contribution is -2.39. The summed E-state index contributed by atoms with van der Waals surface area (Å²) in [7, 11) is 0. The van der Waals surface area contributed by atoms with Gasteiger partial charge in [-0.3, -0.25) is 4.98 Å². The Balaban J connectivity index is 2.79. The second kappa shape index (κ2) is 3.21. The summed E-state index contributed by atoms with van der Waals surface area (Å²) in [6, 6.07) is -0.530. The Morgan fingerprint density at radius 1 is 1.75 bits per heavy atom. The van der Waals surface area contributed by atoms with Crippen LogP contribution in [0.25, 0.3) is 0 Å². The number of nitrogens with zero attached hydrogens (tertiary/aromatic N) is 2. The molecular formula is C6H10N4O2. The van der Waals surface area contributed by atoms with Gasteiger partial charge in [0.05, 0.1) is 0 Å². The van der Waals surface area contributed by atoms with E-state index >= 15 is 0 Å². The predicted molar refractivity (Wildman–Crippen MR) is 41.9 cm³/mol. The van der Waals surface area contributed by atoms with E-state index in [2.05, 4.69) is 15.4 Å². The maximum Gasteiger partial charge on any atom is 0.351 e. The maximum atomic E-state index is 11.1. The molecule has 0 aromatic carbocycles. The summed E-state index contributed by atoms with van der Waals surface area (Å²) in [5.41, 5.74) is -0.534. The van der Waals surface area contributed by atoms with Crippen molar-refractivity contribution in [2.24, 2.45) is 0 Å². The van der Waals surface area contributed by atoms with Gasteiger partial charge in [0.15, 0.2) is 0 Å². The highest BCUT2D eigenvalue weighted by molar-refractivity contribution is 5.75. The van der Waals surface area contributed by atoms with Gasteiger partial charge < -0.3 is 5.32 Å². The number of H-pyrrole nitrogens is 1. The van der Waals surface area contributed by atoms with Gasteiger partial charge in [-0.1, -0.05) is 0 Å². The van der Waals surface area contributed by atoms with E-state index in [1.54, 1.807) is 13.8 Å². The highest BCUT2D eigenvalue weighted by Gasteiger charge is 2.08. The molecule has 12 heavy (non-hydrogen) atoms. The van der Waals surface area contributed by atoms with Crippen LogP contribution < -0.4 is 11.0 Å². The minimum absolute atomic E-state index is 0.0129. The van der Waals surface area contributed by atoms with Crippen molar-refractivity contribution in [1.82, 2.24) is 20.1 Å². The zero-order valence-electron chi connectivity index (χ0n) is 6.87. The first-order chi connectivity index (χ1) is 5.61. The molecule has 1 heterocycles. The molecule has 6 nitrogen and oxygen atoms in total. The molecule has 1 aromatic heterocycles. The number of carbonyl (C=O) groups is 1. The fraction of sp³-hybridized carbons (Fsp3) is 0.500. The molecule has 0 radical (unpaired) electrons. The van der Waals surface area contributed by atoms with Crippen molar-refractivity contribution in [2.75, 3.05) is 0 Å². The first kappa shape index (κ1) is 8.51. The number of amides is 1. The third-order valence-corrected chi connectivity index (χ3v) is 1.16. The van der Waals surface area contributed by atoms with E-state index in [9.17, 15) is 9.59 Å². The Labute approximate surface area is 68.6 Å². The Morgan fingerprint density at radius 2 is 2.42 bits per heavy atom. The summed E-state index contributed by atoms with van der Waals surface area (Å²) in [5.74, 6) is 0. The molecule has 0 fully saturated rings. The fourth-order valence-electron chi connectivity index (χ4n) is 0.708. The van der Waals surface area contributed by atoms with Crippen LogP contribution in [-0.2, 0) is 0 Å². The smallest absolute Gasteiger partial charge is 0.334 e. The van der Waals surface area contributed by atoms with Crippen LogP contribution in [0.3, 0.4) is 0 Å². The standard InChI is InChI=1S/C6H10N4O2/c1-4(2)9-6(12)10-5(11)7-3-8-10/h3-4H,1-2H3,(H,9,12)(H,7,8,11). The van der Waals surface area contributed by atoms with Gasteiger partial charge in [0.25, 0.3) is 0 Å². The summed E-state index contributed by atoms with van der Waals surface area (Å²) in [6.45, 7) is 3.60. The first-order valence-corrected chi connectivity index (χ1v) is 3.55. The molecule has 0 aliphatic carbocycles. The van der Waals surface area contributed by atoms with Crippen molar-refractivity contribution in [3.05, 3.63) is 16.8 Å². The zero-order valence-corrected chi connectivity index (χ0v) is 6.87. The number of hydrogen-bond donors (Lipinski definition) is 2. The minimum Gasteiger partial charge on any atom is -0.334 e. The summed E-state index contributed by atoms with van der Waals surface area (Å²) >= 11 is 0. The zero-order chi connectivity index (χ0) is 9.14. The number of rotatable bonds is 1. The minimum atomic E-state index is -0.534. The quantitative estimate of drug-likeness (QED) is 0.598. The highest BCUT2D eigenvalue weighted by atomic mass is 16.2. The van der Waals surface area contributed by atoms with Crippen molar-refractivity contribution in [3.8, 4) is 0 Å². The topological polar surface area (TPSA) is 79.8 Å². The molecule has 1 rings (SSSR count). The predicted octanol–water partition coefficient (Wildman–Crippen LogP) is -0.463. The Kier molecular flexibility index (Phi) is 2.27. The SMILES string of the molecule is CC(C)NC(=O)n1nc[nH]c1=O. The average molecular weight is 170 g/mol. The lowest BCUT2D eigenvalue weighted by atomic mass is 10.4. The second-order valence-electron chi connectivity index (χ2n) is 2.61. The van der Waals surface area contributed by atoms with Crippen molar-refractivity contribution in [2.45, 2.75) is 19.9 Å². The van der Waals surface area contributed by atoms with E-state index in [4.69, 9.17) is 0 Å². The van der Waals surface area contributed by atoms with Crippen LogP contribution in [0.2, 0.25) is 0 Å². The van der Waals surface area contributed by atoms with Crippen molar-refractivity contribution < 1.29 is 4.79 Å². The number of aromatic amines is 1. The lowest BCUT2D eigenvalue weighted by Gasteiger charge is -2.05. The van der Waals surface area contributed by atoms with Crippen molar-refractivity contribution >= 4 is 6.03 Å². The first-order valence-electron chi connectivity index (χ1n) is 3.55. The molecule has 0 spiro atoms. The third kappa shape index (κ3) is 1.71. The van der Waals surface area contributed by atoms with E-state index in [1.807, 2.05) is 0 Å². The molecule has 0 bridgehead atoms. The van der Waals surface area contributed by atoms with Gasteiger partial charge in [0.1, 0.15) is 6.33 Å². The van der Waals surface area contributed by atoms with Gasteiger partial charge in [0, 0.05) is 6.04 Å². The van der Waals surface area contributed by atoms with Gasteiger partial charge in [-0.25, -0.2) is 9.59 Å². The van der Waals surface area contributed by atoms with Gasteiger partial charge >= 0.3 is 11.7 Å². The summed E-state index contributed by atoms with van der Waals surface area (Å²) in [5, 5.41) is 6.03. The van der Waals surface area contributed by atoms with E-state index in [-0.39, 0.29) is 6.04 Å². The van der Waals surface area contributed by atoms with Crippen LogP contribution in [-0.4, -0.2) is 26.8 Å². The maximum absolute atomic E-state index is 11.1. The molecule has 66 valence electrons. The van der Waals surface area contributed by atoms with Crippen LogP contribution in [0.4, 0.5) is 4.79 Å². The largest absolute Gasteiger partial charge is 0.351 e. The molecule has 0 atom stereocenters. The molecule has 1 aromatic rings. The van der Waals surface area contributed by atoms with E-state index in [0.717, 1.165) is 4.68 Å². The van der Waals surface area contributed by atoms with Gasteiger partial charge in [0.2, 0.25) is 0 Å². The van der Waals surface area contributed by atoms with Crippen LogP contribution >= 0.6 is 0 Å². The van der Waals surface area contributed by atoms with Gasteiger partial charge in [-0.15, -0.1) is 9.78 Å².